The van der Waals surface area contributed by atoms with Crippen LogP contribution in [0.3, 0.4) is 0 Å². The second-order valence-electron chi connectivity index (χ2n) is 4.62. The molecule has 2 unspecified atom stereocenters. The Labute approximate surface area is 87.4 Å². The van der Waals surface area contributed by atoms with Gasteiger partial charge in [0.25, 0.3) is 0 Å². The molecule has 0 radical (unpaired) electrons. The number of carbonyl (C=O) groups is 1. The third-order valence-corrected chi connectivity index (χ3v) is 3.14. The number of hydrogen-bond donors (Lipinski definition) is 2. The average Bonchev–Trinajstić information content (AvgIpc) is 2.16. The number of nitrogens with two attached hydrogens (primary N) is 1. The van der Waals surface area contributed by atoms with Gasteiger partial charge >= 0.3 is 0 Å². The van der Waals surface area contributed by atoms with E-state index < -0.39 is 5.41 Å². The van der Waals surface area contributed by atoms with Crippen molar-refractivity contribution in [2.75, 3.05) is 6.54 Å². The van der Waals surface area contributed by atoms with Gasteiger partial charge in [0, 0.05) is 12.6 Å². The zero-order chi connectivity index (χ0) is 11.4. The van der Waals surface area contributed by atoms with E-state index in [4.69, 9.17) is 5.73 Å². The first kappa shape index (κ1) is 13.4. The molecule has 0 rings (SSSR count). The van der Waals surface area contributed by atoms with Crippen LogP contribution in [0.1, 0.15) is 41.0 Å². The van der Waals surface area contributed by atoms with Crippen molar-refractivity contribution in [3.8, 4) is 0 Å². The number of rotatable bonds is 5. The lowest BCUT2D eigenvalue weighted by Gasteiger charge is -2.28. The Morgan fingerprint density at radius 2 is 1.93 bits per heavy atom. The smallest absolute Gasteiger partial charge is 0.227 e. The van der Waals surface area contributed by atoms with E-state index in [0.717, 1.165) is 6.42 Å². The van der Waals surface area contributed by atoms with Crippen molar-refractivity contribution in [3.05, 3.63) is 0 Å². The normalized spacial score (nSPS) is 17.6. The molecule has 0 aromatic carbocycles. The van der Waals surface area contributed by atoms with Gasteiger partial charge in [-0.25, -0.2) is 0 Å². The molecule has 14 heavy (non-hydrogen) atoms. The Morgan fingerprint density at radius 1 is 1.43 bits per heavy atom. The van der Waals surface area contributed by atoms with Gasteiger partial charge in [0.05, 0.1) is 5.41 Å². The van der Waals surface area contributed by atoms with Crippen LogP contribution >= 0.6 is 0 Å². The molecule has 0 aliphatic rings. The summed E-state index contributed by atoms with van der Waals surface area (Å²) in [6.07, 6.45) is 0.778. The van der Waals surface area contributed by atoms with Crippen LogP contribution in [0.4, 0.5) is 0 Å². The summed E-state index contributed by atoms with van der Waals surface area (Å²) in [5, 5.41) is 3.00. The summed E-state index contributed by atoms with van der Waals surface area (Å²) in [4.78, 5) is 11.9. The first-order chi connectivity index (χ1) is 6.37. The minimum absolute atomic E-state index is 0.0729. The molecule has 0 bridgehead atoms. The summed E-state index contributed by atoms with van der Waals surface area (Å²) in [5.74, 6) is 0.529. The van der Waals surface area contributed by atoms with E-state index in [2.05, 4.69) is 19.2 Å². The number of amides is 1. The molecule has 0 spiro atoms. The largest absolute Gasteiger partial charge is 0.353 e. The minimum Gasteiger partial charge on any atom is -0.353 e. The predicted molar refractivity (Wildman–Crippen MR) is 59.9 cm³/mol. The van der Waals surface area contributed by atoms with E-state index in [0.29, 0.717) is 12.5 Å². The lowest BCUT2D eigenvalue weighted by molar-refractivity contribution is -0.130. The van der Waals surface area contributed by atoms with Crippen LogP contribution < -0.4 is 11.1 Å². The average molecular weight is 200 g/mol. The highest BCUT2D eigenvalue weighted by molar-refractivity contribution is 5.82. The van der Waals surface area contributed by atoms with E-state index in [1.54, 1.807) is 0 Å². The highest BCUT2D eigenvalue weighted by Gasteiger charge is 2.30. The Kier molecular flexibility index (Phi) is 5.13. The SMILES string of the molecule is CCC(C)(CN)C(=O)NC(C)C(C)C. The molecule has 3 N–H and O–H groups in total. The van der Waals surface area contributed by atoms with Crippen molar-refractivity contribution in [2.45, 2.75) is 47.1 Å². The maximum Gasteiger partial charge on any atom is 0.227 e. The topological polar surface area (TPSA) is 55.1 Å². The second kappa shape index (κ2) is 5.35. The molecule has 84 valence electrons. The third-order valence-electron chi connectivity index (χ3n) is 3.14. The molecule has 1 amide bonds. The van der Waals surface area contributed by atoms with Crippen LogP contribution in [-0.4, -0.2) is 18.5 Å². The molecule has 3 heteroatoms. The highest BCUT2D eigenvalue weighted by atomic mass is 16.2. The van der Waals surface area contributed by atoms with Gasteiger partial charge in [-0.05, 0) is 26.2 Å². The molecule has 0 saturated carbocycles. The monoisotopic (exact) mass is 200 g/mol. The van der Waals surface area contributed by atoms with Gasteiger partial charge in [0.2, 0.25) is 5.91 Å². The number of nitrogens with one attached hydrogen (secondary N) is 1. The standard InChI is InChI=1S/C11H24N2O/c1-6-11(5,7-12)10(14)13-9(4)8(2)3/h8-9H,6-7,12H2,1-5H3,(H,13,14). The third kappa shape index (κ3) is 3.29. The quantitative estimate of drug-likeness (QED) is 0.707. The fraction of sp³-hybridized carbons (Fsp3) is 0.909. The molecular formula is C11H24N2O. The van der Waals surface area contributed by atoms with Gasteiger partial charge in [-0.3, -0.25) is 4.79 Å². The van der Waals surface area contributed by atoms with Crippen molar-refractivity contribution in [1.82, 2.24) is 5.32 Å². The van der Waals surface area contributed by atoms with Crippen LogP contribution in [0.15, 0.2) is 0 Å². The summed E-state index contributed by atoms with van der Waals surface area (Å²) in [7, 11) is 0. The van der Waals surface area contributed by atoms with E-state index in [9.17, 15) is 4.79 Å². The fourth-order valence-corrected chi connectivity index (χ4v) is 0.945. The summed E-state index contributed by atoms with van der Waals surface area (Å²) in [6.45, 7) is 10.5. The van der Waals surface area contributed by atoms with Crippen LogP contribution in [0.25, 0.3) is 0 Å². The maximum absolute atomic E-state index is 11.9. The van der Waals surface area contributed by atoms with Gasteiger partial charge in [-0.2, -0.15) is 0 Å². The number of carbonyl (C=O) groups excluding carboxylic acids is 1. The molecule has 0 heterocycles. The molecule has 0 aliphatic carbocycles. The maximum atomic E-state index is 11.9. The first-order valence-corrected chi connectivity index (χ1v) is 5.38. The van der Waals surface area contributed by atoms with Gasteiger partial charge in [-0.1, -0.05) is 20.8 Å². The Bertz CT molecular complexity index is 186. The van der Waals surface area contributed by atoms with Crippen molar-refractivity contribution in [2.24, 2.45) is 17.1 Å². The summed E-state index contributed by atoms with van der Waals surface area (Å²) in [6, 6.07) is 0.208. The molecule has 0 fully saturated rings. The molecule has 0 aromatic heterocycles. The lowest BCUT2D eigenvalue weighted by atomic mass is 9.86. The molecule has 0 saturated heterocycles. The zero-order valence-electron chi connectivity index (χ0n) is 10.1. The van der Waals surface area contributed by atoms with Gasteiger partial charge in [0.15, 0.2) is 0 Å². The van der Waals surface area contributed by atoms with Crippen LogP contribution in [0.2, 0.25) is 0 Å². The van der Waals surface area contributed by atoms with Crippen molar-refractivity contribution in [3.63, 3.8) is 0 Å². The summed E-state index contributed by atoms with van der Waals surface area (Å²) < 4.78 is 0. The van der Waals surface area contributed by atoms with Crippen LogP contribution in [0.5, 0.6) is 0 Å². The number of hydrogen-bond acceptors (Lipinski definition) is 2. The van der Waals surface area contributed by atoms with Gasteiger partial charge in [0.1, 0.15) is 0 Å². The Balaban J connectivity index is 4.32. The van der Waals surface area contributed by atoms with E-state index in [-0.39, 0.29) is 11.9 Å². The Hall–Kier alpha value is -0.570. The molecule has 0 aromatic rings. The van der Waals surface area contributed by atoms with Crippen LogP contribution in [0, 0.1) is 11.3 Å². The Morgan fingerprint density at radius 3 is 2.21 bits per heavy atom. The molecule has 2 atom stereocenters. The molecule has 3 nitrogen and oxygen atoms in total. The van der Waals surface area contributed by atoms with E-state index in [1.807, 2.05) is 20.8 Å². The zero-order valence-corrected chi connectivity index (χ0v) is 10.1. The first-order valence-electron chi connectivity index (χ1n) is 5.38. The highest BCUT2D eigenvalue weighted by Crippen LogP contribution is 2.19. The summed E-state index contributed by atoms with van der Waals surface area (Å²) >= 11 is 0. The predicted octanol–water partition coefficient (Wildman–Crippen LogP) is 1.52. The van der Waals surface area contributed by atoms with Gasteiger partial charge < -0.3 is 11.1 Å². The lowest BCUT2D eigenvalue weighted by Crippen LogP contribution is -2.47. The van der Waals surface area contributed by atoms with Crippen LogP contribution in [-0.2, 0) is 4.79 Å². The second-order valence-corrected chi connectivity index (χ2v) is 4.62. The van der Waals surface area contributed by atoms with Gasteiger partial charge in [-0.15, -0.1) is 0 Å². The van der Waals surface area contributed by atoms with E-state index >= 15 is 0 Å². The van der Waals surface area contributed by atoms with Crippen molar-refractivity contribution < 1.29 is 4.79 Å². The molecular weight excluding hydrogens is 176 g/mol. The van der Waals surface area contributed by atoms with E-state index in [1.165, 1.54) is 0 Å². The van der Waals surface area contributed by atoms with Crippen molar-refractivity contribution >= 4 is 5.91 Å². The van der Waals surface area contributed by atoms with Crippen molar-refractivity contribution in [1.29, 1.82) is 0 Å². The minimum atomic E-state index is -0.414. The fourth-order valence-electron chi connectivity index (χ4n) is 0.945. The summed E-state index contributed by atoms with van der Waals surface area (Å²) in [5.41, 5.74) is 5.20. The molecule has 0 aliphatic heterocycles.